The zero-order valence-corrected chi connectivity index (χ0v) is 11.8. The number of ether oxygens (including phenoxy) is 1. The van der Waals surface area contributed by atoms with Gasteiger partial charge < -0.3 is 10.5 Å². The summed E-state index contributed by atoms with van der Waals surface area (Å²) in [6.45, 7) is 0.188. The van der Waals surface area contributed by atoms with Crippen molar-refractivity contribution in [2.45, 2.75) is 6.54 Å². The molecule has 0 fully saturated rings. The summed E-state index contributed by atoms with van der Waals surface area (Å²) in [7, 11) is 0. The SMILES string of the molecule is NCc1cc(Oc2cc(Br)cc(F)c2F)ncc1Cl. The minimum Gasteiger partial charge on any atom is -0.436 e. The molecule has 19 heavy (non-hydrogen) atoms. The maximum Gasteiger partial charge on any atom is 0.219 e. The molecule has 0 aliphatic rings. The van der Waals surface area contributed by atoms with E-state index in [-0.39, 0.29) is 18.2 Å². The lowest BCUT2D eigenvalue weighted by molar-refractivity contribution is 0.404. The largest absolute Gasteiger partial charge is 0.436 e. The van der Waals surface area contributed by atoms with Crippen molar-refractivity contribution in [2.75, 3.05) is 0 Å². The van der Waals surface area contributed by atoms with E-state index in [1.54, 1.807) is 0 Å². The van der Waals surface area contributed by atoms with Crippen LogP contribution >= 0.6 is 27.5 Å². The van der Waals surface area contributed by atoms with Crippen molar-refractivity contribution >= 4 is 27.5 Å². The molecule has 0 aliphatic heterocycles. The van der Waals surface area contributed by atoms with Gasteiger partial charge in [-0.25, -0.2) is 9.37 Å². The van der Waals surface area contributed by atoms with E-state index in [0.717, 1.165) is 6.07 Å². The third kappa shape index (κ3) is 3.20. The number of hydrogen-bond acceptors (Lipinski definition) is 3. The van der Waals surface area contributed by atoms with Crippen LogP contribution in [0, 0.1) is 11.6 Å². The zero-order valence-electron chi connectivity index (χ0n) is 9.46. The van der Waals surface area contributed by atoms with Crippen LogP contribution in [0.1, 0.15) is 5.56 Å². The molecule has 7 heteroatoms. The van der Waals surface area contributed by atoms with Crippen molar-refractivity contribution in [2.24, 2.45) is 5.73 Å². The van der Waals surface area contributed by atoms with Gasteiger partial charge in [-0.05, 0) is 17.7 Å². The lowest BCUT2D eigenvalue weighted by atomic mass is 10.2. The minimum absolute atomic E-state index is 0.0845. The highest BCUT2D eigenvalue weighted by molar-refractivity contribution is 9.10. The van der Waals surface area contributed by atoms with E-state index >= 15 is 0 Å². The number of aromatic nitrogens is 1. The molecule has 1 heterocycles. The number of hydrogen-bond donors (Lipinski definition) is 1. The highest BCUT2D eigenvalue weighted by Gasteiger charge is 2.13. The Morgan fingerprint density at radius 3 is 2.74 bits per heavy atom. The van der Waals surface area contributed by atoms with Gasteiger partial charge in [0.15, 0.2) is 11.6 Å². The van der Waals surface area contributed by atoms with Gasteiger partial charge in [0.1, 0.15) is 0 Å². The normalized spacial score (nSPS) is 10.6. The van der Waals surface area contributed by atoms with Gasteiger partial charge in [0.05, 0.1) is 5.02 Å². The molecule has 3 nitrogen and oxygen atoms in total. The summed E-state index contributed by atoms with van der Waals surface area (Å²) in [4.78, 5) is 3.87. The van der Waals surface area contributed by atoms with Crippen LogP contribution in [0.4, 0.5) is 8.78 Å². The van der Waals surface area contributed by atoms with Crippen LogP contribution in [0.5, 0.6) is 11.6 Å². The van der Waals surface area contributed by atoms with Gasteiger partial charge in [-0.3, -0.25) is 0 Å². The number of rotatable bonds is 3. The average Bonchev–Trinajstić information content (AvgIpc) is 2.37. The van der Waals surface area contributed by atoms with Crippen molar-refractivity contribution in [3.05, 3.63) is 51.1 Å². The molecule has 2 aromatic rings. The Labute approximate surface area is 121 Å². The van der Waals surface area contributed by atoms with E-state index in [9.17, 15) is 8.78 Å². The first-order valence-corrected chi connectivity index (χ1v) is 6.35. The first kappa shape index (κ1) is 14.2. The molecule has 2 rings (SSSR count). The molecule has 0 aliphatic carbocycles. The van der Waals surface area contributed by atoms with Crippen LogP contribution < -0.4 is 10.5 Å². The number of nitrogens with zero attached hydrogens (tertiary/aromatic N) is 1. The predicted molar refractivity (Wildman–Crippen MR) is 71.3 cm³/mol. The Morgan fingerprint density at radius 2 is 2.05 bits per heavy atom. The van der Waals surface area contributed by atoms with Gasteiger partial charge in [0.2, 0.25) is 11.7 Å². The maximum absolute atomic E-state index is 13.5. The van der Waals surface area contributed by atoms with Gasteiger partial charge in [-0.15, -0.1) is 0 Å². The van der Waals surface area contributed by atoms with Crippen LogP contribution in [0.2, 0.25) is 5.02 Å². The molecule has 0 bridgehead atoms. The smallest absolute Gasteiger partial charge is 0.219 e. The fraction of sp³-hybridized carbons (Fsp3) is 0.0833. The lowest BCUT2D eigenvalue weighted by Gasteiger charge is -2.08. The number of pyridine rings is 1. The fourth-order valence-corrected chi connectivity index (χ4v) is 1.98. The van der Waals surface area contributed by atoms with Crippen molar-refractivity contribution in [1.82, 2.24) is 4.98 Å². The summed E-state index contributed by atoms with van der Waals surface area (Å²) in [5, 5.41) is 0.385. The van der Waals surface area contributed by atoms with Crippen molar-refractivity contribution in [1.29, 1.82) is 0 Å². The van der Waals surface area contributed by atoms with E-state index in [2.05, 4.69) is 20.9 Å². The van der Waals surface area contributed by atoms with Crippen molar-refractivity contribution < 1.29 is 13.5 Å². The quantitative estimate of drug-likeness (QED) is 0.851. The molecule has 1 aromatic carbocycles. The molecular formula is C12H8BrClF2N2O. The van der Waals surface area contributed by atoms with Crippen molar-refractivity contribution in [3.8, 4) is 11.6 Å². The second-order valence-corrected chi connectivity index (χ2v) is 4.94. The number of nitrogens with two attached hydrogens (primary N) is 1. The zero-order chi connectivity index (χ0) is 14.0. The topological polar surface area (TPSA) is 48.1 Å². The average molecular weight is 350 g/mol. The molecule has 0 saturated carbocycles. The van der Waals surface area contributed by atoms with Crippen LogP contribution in [0.3, 0.4) is 0 Å². The summed E-state index contributed by atoms with van der Waals surface area (Å²) in [6.07, 6.45) is 1.34. The van der Waals surface area contributed by atoms with E-state index in [0.29, 0.717) is 15.1 Å². The molecule has 2 N–H and O–H groups in total. The second-order valence-electron chi connectivity index (χ2n) is 3.62. The van der Waals surface area contributed by atoms with E-state index in [1.807, 2.05) is 0 Å². The number of benzene rings is 1. The Morgan fingerprint density at radius 1 is 1.32 bits per heavy atom. The fourth-order valence-electron chi connectivity index (χ4n) is 1.39. The molecule has 0 atom stereocenters. The van der Waals surface area contributed by atoms with Crippen LogP contribution in [-0.4, -0.2) is 4.98 Å². The van der Waals surface area contributed by atoms with Crippen LogP contribution in [0.15, 0.2) is 28.9 Å². The third-order valence-electron chi connectivity index (χ3n) is 2.30. The maximum atomic E-state index is 13.5. The minimum atomic E-state index is -1.09. The molecular weight excluding hydrogens is 341 g/mol. The van der Waals surface area contributed by atoms with E-state index in [1.165, 1.54) is 18.3 Å². The summed E-state index contributed by atoms with van der Waals surface area (Å²) < 4.78 is 32.3. The van der Waals surface area contributed by atoms with E-state index in [4.69, 9.17) is 22.1 Å². The predicted octanol–water partition coefficient (Wildman–Crippen LogP) is 4.03. The standard InChI is InChI=1S/C12H8BrClF2N2O/c13-7-2-9(15)12(16)10(3-7)19-11-1-6(4-17)8(14)5-18-11/h1-3,5H,4,17H2. The lowest BCUT2D eigenvalue weighted by Crippen LogP contribution is -2.00. The van der Waals surface area contributed by atoms with Gasteiger partial charge in [0.25, 0.3) is 0 Å². The van der Waals surface area contributed by atoms with E-state index < -0.39 is 11.6 Å². The Bertz CT molecular complexity index is 625. The first-order chi connectivity index (χ1) is 9.01. The van der Waals surface area contributed by atoms with Crippen LogP contribution in [0.25, 0.3) is 0 Å². The van der Waals surface area contributed by atoms with Crippen molar-refractivity contribution in [3.63, 3.8) is 0 Å². The molecule has 100 valence electrons. The Kier molecular flexibility index (Phi) is 4.34. The van der Waals surface area contributed by atoms with Gasteiger partial charge >= 0.3 is 0 Å². The van der Waals surface area contributed by atoms with Gasteiger partial charge in [-0.1, -0.05) is 27.5 Å². The Hall–Kier alpha value is -1.24. The highest BCUT2D eigenvalue weighted by Crippen LogP contribution is 2.30. The second kappa shape index (κ2) is 5.81. The molecule has 0 unspecified atom stereocenters. The highest BCUT2D eigenvalue weighted by atomic mass is 79.9. The van der Waals surface area contributed by atoms with Crippen LogP contribution in [-0.2, 0) is 6.54 Å². The molecule has 0 spiro atoms. The molecule has 1 aromatic heterocycles. The third-order valence-corrected chi connectivity index (χ3v) is 3.10. The molecule has 0 radical (unpaired) electrons. The summed E-state index contributed by atoms with van der Waals surface area (Å²) in [5.41, 5.74) is 6.08. The number of halogens is 4. The summed E-state index contributed by atoms with van der Waals surface area (Å²) >= 11 is 8.89. The van der Waals surface area contributed by atoms with Gasteiger partial charge in [0, 0.05) is 23.3 Å². The first-order valence-electron chi connectivity index (χ1n) is 5.18. The molecule has 0 amide bonds. The Balaban J connectivity index is 2.36. The summed E-state index contributed by atoms with van der Waals surface area (Å²) in [5.74, 6) is -2.29. The molecule has 0 saturated heterocycles. The summed E-state index contributed by atoms with van der Waals surface area (Å²) in [6, 6.07) is 3.78. The van der Waals surface area contributed by atoms with Gasteiger partial charge in [-0.2, -0.15) is 4.39 Å². The monoisotopic (exact) mass is 348 g/mol.